The van der Waals surface area contributed by atoms with Gasteiger partial charge in [0.05, 0.1) is 5.92 Å². The molecule has 5 heteroatoms. The van der Waals surface area contributed by atoms with Gasteiger partial charge in [-0.05, 0) is 23.8 Å². The number of anilines is 1. The molecule has 2 aromatic rings. The van der Waals surface area contributed by atoms with E-state index in [1.807, 2.05) is 18.2 Å². The summed E-state index contributed by atoms with van der Waals surface area (Å²) in [6, 6.07) is 11.2. The Morgan fingerprint density at radius 3 is 2.60 bits per heavy atom. The number of ether oxygens (including phenoxy) is 1. The summed E-state index contributed by atoms with van der Waals surface area (Å²) in [6.07, 6.45) is 3.37. The summed E-state index contributed by atoms with van der Waals surface area (Å²) in [4.78, 5) is 4.00. The van der Waals surface area contributed by atoms with E-state index in [9.17, 15) is 5.26 Å². The average molecular weight is 264 g/mol. The van der Waals surface area contributed by atoms with Crippen molar-refractivity contribution in [1.82, 2.24) is 4.98 Å². The molecule has 0 radical (unpaired) electrons. The first kappa shape index (κ1) is 12.1. The van der Waals surface area contributed by atoms with Crippen LogP contribution in [0.2, 0.25) is 0 Å². The van der Waals surface area contributed by atoms with E-state index in [1.165, 1.54) is 0 Å². The van der Waals surface area contributed by atoms with Crippen molar-refractivity contribution in [3.63, 3.8) is 0 Å². The maximum absolute atomic E-state index is 9.37. The first-order chi connectivity index (χ1) is 9.70. The largest absolute Gasteiger partial charge is 0.440 e. The molecule has 1 aromatic carbocycles. The number of nitriles is 1. The summed E-state index contributed by atoms with van der Waals surface area (Å²) in [7, 11) is 0. The third kappa shape index (κ3) is 1.84. The van der Waals surface area contributed by atoms with E-state index >= 15 is 0 Å². The fourth-order valence-electron chi connectivity index (χ4n) is 2.37. The van der Waals surface area contributed by atoms with E-state index in [4.69, 9.17) is 16.2 Å². The first-order valence-corrected chi connectivity index (χ1v) is 6.07. The number of pyridine rings is 1. The van der Waals surface area contributed by atoms with Crippen LogP contribution >= 0.6 is 0 Å². The van der Waals surface area contributed by atoms with Crippen molar-refractivity contribution in [2.24, 2.45) is 5.73 Å². The molecule has 1 atom stereocenters. The lowest BCUT2D eigenvalue weighted by atomic mass is 9.84. The van der Waals surface area contributed by atoms with Gasteiger partial charge in [-0.3, -0.25) is 4.98 Å². The molecule has 0 fully saturated rings. The molecule has 3 rings (SSSR count). The Balaban J connectivity index is 2.23. The lowest BCUT2D eigenvalue weighted by Gasteiger charge is -2.26. The first-order valence-electron chi connectivity index (χ1n) is 6.07. The molecule has 1 aromatic heterocycles. The Bertz CT molecular complexity index is 731. The smallest absolute Gasteiger partial charge is 0.205 e. The SMILES string of the molecule is N#CC1=C(N)Oc2cc(N)ccc2[C@@H]1c1ccncc1. The van der Waals surface area contributed by atoms with Gasteiger partial charge in [-0.15, -0.1) is 0 Å². The second-order valence-electron chi connectivity index (χ2n) is 4.50. The zero-order chi connectivity index (χ0) is 14.1. The van der Waals surface area contributed by atoms with Crippen LogP contribution in [-0.2, 0) is 0 Å². The summed E-state index contributed by atoms with van der Waals surface area (Å²) in [5.41, 5.74) is 14.4. The van der Waals surface area contributed by atoms with Crippen molar-refractivity contribution >= 4 is 5.69 Å². The van der Waals surface area contributed by atoms with Gasteiger partial charge in [-0.2, -0.15) is 5.26 Å². The minimum atomic E-state index is -0.257. The predicted octanol–water partition coefficient (Wildman–Crippen LogP) is 1.88. The third-order valence-electron chi connectivity index (χ3n) is 3.28. The molecule has 1 aliphatic heterocycles. The monoisotopic (exact) mass is 264 g/mol. The lowest BCUT2D eigenvalue weighted by molar-refractivity contribution is 0.394. The Morgan fingerprint density at radius 1 is 1.15 bits per heavy atom. The number of allylic oxidation sites excluding steroid dienone is 1. The van der Waals surface area contributed by atoms with Gasteiger partial charge in [-0.1, -0.05) is 6.07 Å². The number of benzene rings is 1. The average Bonchev–Trinajstić information content (AvgIpc) is 2.46. The normalized spacial score (nSPS) is 17.1. The van der Waals surface area contributed by atoms with Crippen molar-refractivity contribution in [2.75, 3.05) is 5.73 Å². The molecule has 4 N–H and O–H groups in total. The van der Waals surface area contributed by atoms with E-state index in [1.54, 1.807) is 24.5 Å². The maximum atomic E-state index is 9.37. The lowest BCUT2D eigenvalue weighted by Crippen LogP contribution is -2.21. The molecule has 2 heterocycles. The van der Waals surface area contributed by atoms with Crippen molar-refractivity contribution < 1.29 is 4.74 Å². The van der Waals surface area contributed by atoms with Gasteiger partial charge in [0.1, 0.15) is 17.4 Å². The van der Waals surface area contributed by atoms with Crippen LogP contribution in [0.25, 0.3) is 0 Å². The van der Waals surface area contributed by atoms with E-state index in [-0.39, 0.29) is 11.8 Å². The number of rotatable bonds is 1. The Morgan fingerprint density at radius 2 is 1.90 bits per heavy atom. The number of nitrogen functional groups attached to an aromatic ring is 1. The number of aromatic nitrogens is 1. The maximum Gasteiger partial charge on any atom is 0.205 e. The Labute approximate surface area is 116 Å². The minimum absolute atomic E-state index is 0.118. The summed E-state index contributed by atoms with van der Waals surface area (Å²) in [5.74, 6) is 0.447. The summed E-state index contributed by atoms with van der Waals surface area (Å²) in [6.45, 7) is 0. The molecule has 98 valence electrons. The quantitative estimate of drug-likeness (QED) is 0.766. The topological polar surface area (TPSA) is 98.0 Å². The minimum Gasteiger partial charge on any atom is -0.440 e. The van der Waals surface area contributed by atoms with Gasteiger partial charge < -0.3 is 16.2 Å². The van der Waals surface area contributed by atoms with Crippen LogP contribution in [-0.4, -0.2) is 4.98 Å². The molecule has 0 saturated carbocycles. The molecule has 0 unspecified atom stereocenters. The second-order valence-corrected chi connectivity index (χ2v) is 4.50. The van der Waals surface area contributed by atoms with Crippen LogP contribution in [0.3, 0.4) is 0 Å². The van der Waals surface area contributed by atoms with Crippen LogP contribution in [0.5, 0.6) is 5.75 Å². The highest BCUT2D eigenvalue weighted by Crippen LogP contribution is 2.42. The van der Waals surface area contributed by atoms with Gasteiger partial charge in [0.25, 0.3) is 0 Å². The van der Waals surface area contributed by atoms with Crippen LogP contribution < -0.4 is 16.2 Å². The van der Waals surface area contributed by atoms with Crippen molar-refractivity contribution in [1.29, 1.82) is 5.26 Å². The number of nitrogens with two attached hydrogens (primary N) is 2. The van der Waals surface area contributed by atoms with E-state index in [0.29, 0.717) is 17.0 Å². The van der Waals surface area contributed by atoms with Gasteiger partial charge in [0.2, 0.25) is 5.88 Å². The fraction of sp³-hybridized carbons (Fsp3) is 0.0667. The fourth-order valence-corrected chi connectivity index (χ4v) is 2.37. The highest BCUT2D eigenvalue weighted by Gasteiger charge is 2.30. The Hall–Kier alpha value is -3.00. The molecule has 0 saturated heterocycles. The van der Waals surface area contributed by atoms with Crippen molar-refractivity contribution in [3.8, 4) is 11.8 Å². The summed E-state index contributed by atoms with van der Waals surface area (Å²) < 4.78 is 5.51. The molecular formula is C15H12N4O. The standard InChI is InChI=1S/C15H12N4O/c16-8-12-14(9-3-5-19-6-4-9)11-2-1-10(17)7-13(11)20-15(12)18/h1-7,14H,17-18H2/t14-/m0/s1. The molecule has 20 heavy (non-hydrogen) atoms. The molecule has 0 amide bonds. The zero-order valence-electron chi connectivity index (χ0n) is 10.6. The summed E-state index contributed by atoms with van der Waals surface area (Å²) >= 11 is 0. The highest BCUT2D eigenvalue weighted by molar-refractivity contribution is 5.59. The molecule has 1 aliphatic rings. The van der Waals surface area contributed by atoms with E-state index in [2.05, 4.69) is 11.1 Å². The van der Waals surface area contributed by atoms with E-state index < -0.39 is 0 Å². The van der Waals surface area contributed by atoms with Crippen molar-refractivity contribution in [3.05, 3.63) is 65.3 Å². The van der Waals surface area contributed by atoms with Gasteiger partial charge in [0.15, 0.2) is 0 Å². The van der Waals surface area contributed by atoms with Gasteiger partial charge in [0, 0.05) is 29.7 Å². The molecule has 0 aliphatic carbocycles. The zero-order valence-corrected chi connectivity index (χ0v) is 10.6. The number of hydrogen-bond donors (Lipinski definition) is 2. The third-order valence-corrected chi connectivity index (χ3v) is 3.28. The number of hydrogen-bond acceptors (Lipinski definition) is 5. The second kappa shape index (κ2) is 4.59. The molecule has 5 nitrogen and oxygen atoms in total. The van der Waals surface area contributed by atoms with E-state index in [0.717, 1.165) is 11.1 Å². The van der Waals surface area contributed by atoms with Crippen LogP contribution in [0.4, 0.5) is 5.69 Å². The highest BCUT2D eigenvalue weighted by atomic mass is 16.5. The summed E-state index contributed by atoms with van der Waals surface area (Å²) in [5, 5.41) is 9.37. The number of fused-ring (bicyclic) bond motifs is 1. The van der Waals surface area contributed by atoms with Crippen LogP contribution in [0, 0.1) is 11.3 Å². The van der Waals surface area contributed by atoms with Crippen molar-refractivity contribution in [2.45, 2.75) is 5.92 Å². The van der Waals surface area contributed by atoms with Gasteiger partial charge >= 0.3 is 0 Å². The van der Waals surface area contributed by atoms with Gasteiger partial charge in [-0.25, -0.2) is 0 Å². The Kier molecular flexibility index (Phi) is 2.77. The molecule has 0 spiro atoms. The number of nitrogens with zero attached hydrogens (tertiary/aromatic N) is 2. The van der Waals surface area contributed by atoms with Crippen LogP contribution in [0.1, 0.15) is 17.0 Å². The van der Waals surface area contributed by atoms with Crippen LogP contribution in [0.15, 0.2) is 54.2 Å². The molecular weight excluding hydrogens is 252 g/mol. The predicted molar refractivity (Wildman–Crippen MR) is 74.4 cm³/mol. The molecule has 0 bridgehead atoms.